The zero-order chi connectivity index (χ0) is 18.6. The molecular formula is C17H18F2N2O3S. The largest absolute Gasteiger partial charge is 0.350 e. The zero-order valence-electron chi connectivity index (χ0n) is 13.8. The Morgan fingerprint density at radius 1 is 1.12 bits per heavy atom. The molecule has 8 heteroatoms. The van der Waals surface area contributed by atoms with Crippen LogP contribution in [0.25, 0.3) is 0 Å². The summed E-state index contributed by atoms with van der Waals surface area (Å²) in [4.78, 5) is 12.1. The van der Waals surface area contributed by atoms with E-state index in [-0.39, 0.29) is 6.54 Å². The van der Waals surface area contributed by atoms with E-state index in [0.717, 1.165) is 35.6 Å². The van der Waals surface area contributed by atoms with Crippen molar-refractivity contribution < 1.29 is 22.0 Å². The van der Waals surface area contributed by atoms with E-state index in [0.29, 0.717) is 4.31 Å². The standard InChI is InChI=1S/C17H18F2N2O3S/c1-12-5-3-6-13(9-12)10-20-16(22)11-21(25(2,23)24)17-14(18)7-4-8-15(17)19/h3-9H,10-11H2,1-2H3,(H,20,22). The third-order valence-corrected chi connectivity index (χ3v) is 4.56. The first-order valence-corrected chi connectivity index (χ1v) is 9.27. The lowest BCUT2D eigenvalue weighted by Crippen LogP contribution is -2.41. The Kier molecular flexibility index (Phi) is 5.73. The maximum atomic E-state index is 13.9. The Hall–Kier alpha value is -2.48. The van der Waals surface area contributed by atoms with Gasteiger partial charge in [0, 0.05) is 6.54 Å². The van der Waals surface area contributed by atoms with Gasteiger partial charge in [-0.25, -0.2) is 17.2 Å². The van der Waals surface area contributed by atoms with E-state index in [9.17, 15) is 22.0 Å². The van der Waals surface area contributed by atoms with Crippen LogP contribution in [0.1, 0.15) is 11.1 Å². The second-order valence-electron chi connectivity index (χ2n) is 5.61. The number of halogens is 2. The monoisotopic (exact) mass is 368 g/mol. The number of carbonyl (C=O) groups excluding carboxylic acids is 1. The lowest BCUT2D eigenvalue weighted by Gasteiger charge is -2.22. The Balaban J connectivity index is 2.16. The lowest BCUT2D eigenvalue weighted by atomic mass is 10.1. The van der Waals surface area contributed by atoms with Crippen LogP contribution in [-0.2, 0) is 21.4 Å². The molecule has 2 aromatic rings. The Labute approximate surface area is 145 Å². The molecule has 0 heterocycles. The van der Waals surface area contributed by atoms with Crippen molar-refractivity contribution in [2.24, 2.45) is 0 Å². The number of hydrogen-bond acceptors (Lipinski definition) is 3. The maximum Gasteiger partial charge on any atom is 0.241 e. The molecule has 25 heavy (non-hydrogen) atoms. The molecular weight excluding hydrogens is 350 g/mol. The van der Waals surface area contributed by atoms with Gasteiger partial charge in [-0.2, -0.15) is 0 Å². The van der Waals surface area contributed by atoms with Gasteiger partial charge in [0.15, 0.2) is 11.6 Å². The molecule has 0 radical (unpaired) electrons. The third-order valence-electron chi connectivity index (χ3n) is 3.45. The van der Waals surface area contributed by atoms with Crippen molar-refractivity contribution in [2.45, 2.75) is 13.5 Å². The molecule has 0 spiro atoms. The zero-order valence-corrected chi connectivity index (χ0v) is 14.6. The summed E-state index contributed by atoms with van der Waals surface area (Å²) in [5.74, 6) is -2.79. The Morgan fingerprint density at radius 3 is 2.28 bits per heavy atom. The number of sulfonamides is 1. The van der Waals surface area contributed by atoms with Gasteiger partial charge in [-0.15, -0.1) is 0 Å². The second-order valence-corrected chi connectivity index (χ2v) is 7.51. The molecule has 0 fully saturated rings. The molecule has 0 atom stereocenters. The van der Waals surface area contributed by atoms with E-state index in [1.807, 2.05) is 25.1 Å². The number of aryl methyl sites for hydroxylation is 1. The van der Waals surface area contributed by atoms with Crippen LogP contribution in [0.4, 0.5) is 14.5 Å². The van der Waals surface area contributed by atoms with Crippen molar-refractivity contribution in [3.05, 3.63) is 65.2 Å². The highest BCUT2D eigenvalue weighted by molar-refractivity contribution is 7.92. The van der Waals surface area contributed by atoms with Crippen molar-refractivity contribution in [1.29, 1.82) is 0 Å². The molecule has 1 amide bonds. The van der Waals surface area contributed by atoms with Crippen molar-refractivity contribution in [3.8, 4) is 0 Å². The van der Waals surface area contributed by atoms with E-state index in [2.05, 4.69) is 5.32 Å². The minimum atomic E-state index is -4.06. The smallest absolute Gasteiger partial charge is 0.241 e. The van der Waals surface area contributed by atoms with Crippen LogP contribution in [0, 0.1) is 18.6 Å². The second kappa shape index (κ2) is 7.60. The number of nitrogens with one attached hydrogen (secondary N) is 1. The van der Waals surface area contributed by atoms with E-state index < -0.39 is 39.8 Å². The van der Waals surface area contributed by atoms with Crippen LogP contribution in [0.2, 0.25) is 0 Å². The Bertz CT molecular complexity index is 865. The number of hydrogen-bond donors (Lipinski definition) is 1. The van der Waals surface area contributed by atoms with Gasteiger partial charge >= 0.3 is 0 Å². The number of para-hydroxylation sites is 1. The first kappa shape index (κ1) is 18.9. The molecule has 0 unspecified atom stereocenters. The molecule has 1 N–H and O–H groups in total. The first-order valence-electron chi connectivity index (χ1n) is 7.42. The average molecular weight is 368 g/mol. The van der Waals surface area contributed by atoms with Gasteiger partial charge in [0.2, 0.25) is 15.9 Å². The van der Waals surface area contributed by atoms with Gasteiger partial charge in [0.05, 0.1) is 6.26 Å². The highest BCUT2D eigenvalue weighted by atomic mass is 32.2. The van der Waals surface area contributed by atoms with Crippen LogP contribution in [0.5, 0.6) is 0 Å². The van der Waals surface area contributed by atoms with Crippen LogP contribution in [-0.4, -0.2) is 27.1 Å². The van der Waals surface area contributed by atoms with Crippen molar-refractivity contribution in [1.82, 2.24) is 5.32 Å². The molecule has 0 aromatic heterocycles. The summed E-state index contributed by atoms with van der Waals surface area (Å²) < 4.78 is 52.0. The van der Waals surface area contributed by atoms with Crippen molar-refractivity contribution in [3.63, 3.8) is 0 Å². The molecule has 0 aliphatic rings. The summed E-state index contributed by atoms with van der Waals surface area (Å²) in [5.41, 5.74) is 1.07. The molecule has 0 aliphatic carbocycles. The normalized spacial score (nSPS) is 11.2. The summed E-state index contributed by atoms with van der Waals surface area (Å²) in [5, 5.41) is 2.55. The third kappa shape index (κ3) is 4.99. The van der Waals surface area contributed by atoms with Crippen LogP contribution in [0.3, 0.4) is 0 Å². The fourth-order valence-electron chi connectivity index (χ4n) is 2.30. The first-order chi connectivity index (χ1) is 11.7. The summed E-state index contributed by atoms with van der Waals surface area (Å²) in [7, 11) is -4.06. The highest BCUT2D eigenvalue weighted by Crippen LogP contribution is 2.25. The number of benzene rings is 2. The molecule has 2 aromatic carbocycles. The van der Waals surface area contributed by atoms with E-state index in [4.69, 9.17) is 0 Å². The van der Waals surface area contributed by atoms with Crippen molar-refractivity contribution in [2.75, 3.05) is 17.1 Å². The van der Waals surface area contributed by atoms with E-state index in [1.54, 1.807) is 6.07 Å². The summed E-state index contributed by atoms with van der Waals surface area (Å²) in [6, 6.07) is 10.4. The fraction of sp³-hybridized carbons (Fsp3) is 0.235. The Morgan fingerprint density at radius 2 is 1.72 bits per heavy atom. The van der Waals surface area contributed by atoms with Gasteiger partial charge in [-0.3, -0.25) is 9.10 Å². The van der Waals surface area contributed by atoms with Gasteiger partial charge in [-0.1, -0.05) is 35.9 Å². The number of carbonyl (C=O) groups is 1. The van der Waals surface area contributed by atoms with Crippen LogP contribution >= 0.6 is 0 Å². The molecule has 2 rings (SSSR count). The topological polar surface area (TPSA) is 66.5 Å². The summed E-state index contributed by atoms with van der Waals surface area (Å²) >= 11 is 0. The van der Waals surface area contributed by atoms with Gasteiger partial charge in [0.1, 0.15) is 12.2 Å². The number of amides is 1. The molecule has 0 saturated heterocycles. The highest BCUT2D eigenvalue weighted by Gasteiger charge is 2.26. The van der Waals surface area contributed by atoms with E-state index >= 15 is 0 Å². The van der Waals surface area contributed by atoms with Gasteiger partial charge in [-0.05, 0) is 24.6 Å². The molecule has 0 saturated carbocycles. The van der Waals surface area contributed by atoms with Crippen LogP contribution in [0.15, 0.2) is 42.5 Å². The number of nitrogens with zero attached hydrogens (tertiary/aromatic N) is 1. The maximum absolute atomic E-state index is 13.9. The SMILES string of the molecule is Cc1cccc(CNC(=O)CN(c2c(F)cccc2F)S(C)(=O)=O)c1. The summed E-state index contributed by atoms with van der Waals surface area (Å²) in [6.45, 7) is 1.36. The predicted molar refractivity (Wildman–Crippen MR) is 91.6 cm³/mol. The lowest BCUT2D eigenvalue weighted by molar-refractivity contribution is -0.119. The predicted octanol–water partition coefficient (Wildman–Crippen LogP) is 2.36. The van der Waals surface area contributed by atoms with Crippen LogP contribution < -0.4 is 9.62 Å². The average Bonchev–Trinajstić information content (AvgIpc) is 2.51. The quantitative estimate of drug-likeness (QED) is 0.851. The molecule has 0 bridgehead atoms. The molecule has 0 aliphatic heterocycles. The fourth-order valence-corrected chi connectivity index (χ4v) is 3.16. The van der Waals surface area contributed by atoms with Crippen molar-refractivity contribution >= 4 is 21.6 Å². The molecule has 134 valence electrons. The summed E-state index contributed by atoms with van der Waals surface area (Å²) in [6.07, 6.45) is 0.784. The van der Waals surface area contributed by atoms with Gasteiger partial charge in [0.25, 0.3) is 0 Å². The molecule has 5 nitrogen and oxygen atoms in total. The number of anilines is 1. The van der Waals surface area contributed by atoms with E-state index in [1.165, 1.54) is 0 Å². The van der Waals surface area contributed by atoms with Gasteiger partial charge < -0.3 is 5.32 Å². The minimum absolute atomic E-state index is 0.178. The minimum Gasteiger partial charge on any atom is -0.350 e. The number of rotatable bonds is 6.